The number of halogens is 2. The Balaban J connectivity index is 2.43. The molecule has 0 atom stereocenters. The molecule has 0 aromatic heterocycles. The van der Waals surface area contributed by atoms with Crippen LogP contribution in [0.5, 0.6) is 0 Å². The van der Waals surface area contributed by atoms with Crippen molar-refractivity contribution in [1.29, 1.82) is 0 Å². The quantitative estimate of drug-likeness (QED) is 0.593. The highest BCUT2D eigenvalue weighted by Gasteiger charge is 2.66. The minimum absolute atomic E-state index is 0.0554. The molecule has 1 heterocycles. The lowest BCUT2D eigenvalue weighted by Gasteiger charge is -2.27. The van der Waals surface area contributed by atoms with Gasteiger partial charge in [-0.15, -0.1) is 0 Å². The van der Waals surface area contributed by atoms with Gasteiger partial charge in [0.05, 0.1) is 22.2 Å². The molecule has 8 nitrogen and oxygen atoms in total. The van der Waals surface area contributed by atoms with Crippen molar-refractivity contribution in [2.75, 3.05) is 0 Å². The molecule has 116 valence electrons. The van der Waals surface area contributed by atoms with Gasteiger partial charge in [-0.05, 0) is 12.1 Å². The number of nitrogens with zero attached hydrogens (tertiary/aromatic N) is 1. The second-order valence-corrected chi connectivity index (χ2v) is 9.05. The fourth-order valence-electron chi connectivity index (χ4n) is 1.72. The Bertz CT molecular complexity index is 688. The van der Waals surface area contributed by atoms with Crippen molar-refractivity contribution in [2.24, 2.45) is 5.16 Å². The van der Waals surface area contributed by atoms with Gasteiger partial charge in [-0.3, -0.25) is 9.13 Å². The van der Waals surface area contributed by atoms with Crippen LogP contribution >= 0.6 is 38.4 Å². The number of hydrogen-bond donors (Lipinski definition) is 4. The molecule has 1 aliphatic heterocycles. The third-order valence-corrected chi connectivity index (χ3v) is 7.47. The van der Waals surface area contributed by atoms with Gasteiger partial charge in [0.25, 0.3) is 0 Å². The van der Waals surface area contributed by atoms with Crippen LogP contribution < -0.4 is 0 Å². The third-order valence-electron chi connectivity index (χ3n) is 2.86. The molecule has 4 N–H and O–H groups in total. The van der Waals surface area contributed by atoms with Crippen LogP contribution in [0.15, 0.2) is 23.4 Å². The van der Waals surface area contributed by atoms with Crippen LogP contribution in [0.1, 0.15) is 12.0 Å². The van der Waals surface area contributed by atoms with Crippen LogP contribution in [-0.2, 0) is 14.0 Å². The Labute approximate surface area is 128 Å². The molecule has 0 saturated heterocycles. The summed E-state index contributed by atoms with van der Waals surface area (Å²) >= 11 is 11.5. The first kappa shape index (κ1) is 16.9. The number of rotatable bonds is 3. The predicted molar refractivity (Wildman–Crippen MR) is 75.5 cm³/mol. The second-order valence-electron chi connectivity index (χ2n) is 4.27. The Hall–Kier alpha value is -0.430. The average molecular weight is 376 g/mol. The van der Waals surface area contributed by atoms with Gasteiger partial charge in [-0.25, -0.2) is 0 Å². The lowest BCUT2D eigenvalue weighted by atomic mass is 10.1. The van der Waals surface area contributed by atoms with Crippen molar-refractivity contribution < 1.29 is 33.5 Å². The third kappa shape index (κ3) is 2.91. The number of benzene rings is 1. The highest BCUT2D eigenvalue weighted by molar-refractivity contribution is 7.72. The van der Waals surface area contributed by atoms with Crippen molar-refractivity contribution in [3.63, 3.8) is 0 Å². The van der Waals surface area contributed by atoms with E-state index in [1.807, 2.05) is 0 Å². The number of oxime groups is 1. The molecule has 1 aromatic carbocycles. The molecule has 0 saturated carbocycles. The molecule has 0 fully saturated rings. The van der Waals surface area contributed by atoms with Gasteiger partial charge in [0.1, 0.15) is 0 Å². The molecule has 12 heteroatoms. The van der Waals surface area contributed by atoms with Gasteiger partial charge in [-0.2, -0.15) is 0 Å². The normalized spacial score (nSPS) is 18.3. The van der Waals surface area contributed by atoms with E-state index in [0.29, 0.717) is 0 Å². The second kappa shape index (κ2) is 5.33. The zero-order valence-electron chi connectivity index (χ0n) is 10.1. The molecular formula is C9H9Cl2NO7P2. The highest BCUT2D eigenvalue weighted by atomic mass is 35.5. The summed E-state index contributed by atoms with van der Waals surface area (Å²) in [6.07, 6.45) is -0.764. The summed E-state index contributed by atoms with van der Waals surface area (Å²) in [6.45, 7) is 0. The summed E-state index contributed by atoms with van der Waals surface area (Å²) in [5.74, 6) is 0. The van der Waals surface area contributed by atoms with E-state index in [9.17, 15) is 28.7 Å². The summed E-state index contributed by atoms with van der Waals surface area (Å²) in [4.78, 5) is 41.5. The minimum Gasteiger partial charge on any atom is -0.362 e. The highest BCUT2D eigenvalue weighted by Crippen LogP contribution is 2.72. The van der Waals surface area contributed by atoms with Gasteiger partial charge in [0.2, 0.25) is 0 Å². The van der Waals surface area contributed by atoms with E-state index >= 15 is 0 Å². The molecule has 21 heavy (non-hydrogen) atoms. The van der Waals surface area contributed by atoms with Crippen molar-refractivity contribution in [1.82, 2.24) is 0 Å². The lowest BCUT2D eigenvalue weighted by Crippen LogP contribution is -2.29. The molecule has 0 amide bonds. The van der Waals surface area contributed by atoms with Gasteiger partial charge in [0, 0.05) is 5.56 Å². The summed E-state index contributed by atoms with van der Waals surface area (Å²) in [5.41, 5.74) is 0.230. The maximum atomic E-state index is 11.5. The molecule has 0 aliphatic carbocycles. The molecule has 2 rings (SSSR count). The molecule has 0 bridgehead atoms. The summed E-state index contributed by atoms with van der Waals surface area (Å²) in [5, 5.41) is 0.782. The molecule has 0 unspecified atom stereocenters. The van der Waals surface area contributed by atoms with Gasteiger partial charge in [0.15, 0.2) is 0 Å². The maximum absolute atomic E-state index is 11.5. The van der Waals surface area contributed by atoms with E-state index in [0.717, 1.165) is 0 Å². The van der Waals surface area contributed by atoms with Crippen LogP contribution in [0.25, 0.3) is 0 Å². The monoisotopic (exact) mass is 375 g/mol. The van der Waals surface area contributed by atoms with Crippen LogP contribution in [0, 0.1) is 0 Å². The predicted octanol–water partition coefficient (Wildman–Crippen LogP) is 2.13. The molecule has 1 aliphatic rings. The minimum atomic E-state index is -5.30. The first-order chi connectivity index (χ1) is 9.48. The first-order valence-corrected chi connectivity index (χ1v) is 9.28. The standard InChI is InChI=1S/C9H9Cl2NO7P2/c10-6-2-1-5(3-7(6)11)8-4-9(19-12-8,20(13,14)15)21(16,17)18/h1-3H,4H2,(H2,13,14,15)(H2,16,17,18). The van der Waals surface area contributed by atoms with Crippen molar-refractivity contribution in [3.05, 3.63) is 33.8 Å². The van der Waals surface area contributed by atoms with Gasteiger partial charge >= 0.3 is 20.3 Å². The van der Waals surface area contributed by atoms with Gasteiger partial charge in [-0.1, -0.05) is 34.4 Å². The Morgan fingerprint density at radius 1 is 1.10 bits per heavy atom. The van der Waals surface area contributed by atoms with Crippen LogP contribution in [-0.4, -0.2) is 30.4 Å². The largest absolute Gasteiger partial charge is 0.384 e. The fraction of sp³-hybridized carbons (Fsp3) is 0.222. The van der Waals surface area contributed by atoms with Crippen LogP contribution in [0.3, 0.4) is 0 Å². The molecule has 1 aromatic rings. The van der Waals surface area contributed by atoms with E-state index in [4.69, 9.17) is 23.2 Å². The van der Waals surface area contributed by atoms with Crippen LogP contribution in [0.4, 0.5) is 0 Å². The van der Waals surface area contributed by atoms with Crippen molar-refractivity contribution >= 4 is 44.1 Å². The summed E-state index contributed by atoms with van der Waals surface area (Å²) < 4.78 is 22.9. The topological polar surface area (TPSA) is 137 Å². The fourth-order valence-corrected chi connectivity index (χ4v) is 4.38. The summed E-state index contributed by atoms with van der Waals surface area (Å²) in [7, 11) is -10.6. The van der Waals surface area contributed by atoms with Gasteiger partial charge < -0.3 is 24.4 Å². The zero-order chi connectivity index (χ0) is 16.1. The summed E-state index contributed by atoms with van der Waals surface area (Å²) in [6, 6.07) is 4.20. The SMILES string of the molecule is O=P(O)(O)C1(P(=O)(O)O)CC(c2ccc(Cl)c(Cl)c2)=NO1. The molecule has 0 radical (unpaired) electrons. The van der Waals surface area contributed by atoms with E-state index < -0.39 is 26.7 Å². The maximum Gasteiger partial charge on any atom is 0.384 e. The lowest BCUT2D eigenvalue weighted by molar-refractivity contribution is 0.0645. The smallest absolute Gasteiger partial charge is 0.362 e. The molecular weight excluding hydrogens is 367 g/mol. The Kier molecular flexibility index (Phi) is 4.30. The Morgan fingerprint density at radius 2 is 1.67 bits per heavy atom. The average Bonchev–Trinajstić information content (AvgIpc) is 2.77. The molecule has 0 spiro atoms. The van der Waals surface area contributed by atoms with E-state index in [1.165, 1.54) is 18.2 Å². The number of hydrogen-bond acceptors (Lipinski definition) is 4. The van der Waals surface area contributed by atoms with E-state index in [-0.39, 0.29) is 21.3 Å². The van der Waals surface area contributed by atoms with Crippen molar-refractivity contribution in [3.8, 4) is 0 Å². The van der Waals surface area contributed by atoms with Crippen molar-refractivity contribution in [2.45, 2.75) is 11.5 Å². The van der Waals surface area contributed by atoms with E-state index in [1.54, 1.807) is 0 Å². The first-order valence-electron chi connectivity index (χ1n) is 5.30. The zero-order valence-corrected chi connectivity index (χ0v) is 13.4. The van der Waals surface area contributed by atoms with E-state index in [2.05, 4.69) is 9.99 Å². The van der Waals surface area contributed by atoms with Crippen LogP contribution in [0.2, 0.25) is 10.0 Å². The Morgan fingerprint density at radius 3 is 2.10 bits per heavy atom.